The number of ether oxygens (including phenoxy) is 1. The molecule has 1 fully saturated rings. The first-order valence-corrected chi connectivity index (χ1v) is 7.95. The number of nitrogens with two attached hydrogens (primary N) is 1. The Kier molecular flexibility index (Phi) is 5.98. The van der Waals surface area contributed by atoms with E-state index in [0.29, 0.717) is 13.1 Å². The van der Waals surface area contributed by atoms with Crippen LogP contribution in [0.2, 0.25) is 0 Å². The molecule has 23 heavy (non-hydrogen) atoms. The number of nitrogens with zero attached hydrogens (tertiary/aromatic N) is 1. The van der Waals surface area contributed by atoms with Gasteiger partial charge in [0.25, 0.3) is 0 Å². The Bertz CT molecular complexity index is 545. The average Bonchev–Trinajstić information content (AvgIpc) is 3.05. The highest BCUT2D eigenvalue weighted by Gasteiger charge is 2.31. The zero-order chi connectivity index (χ0) is 16.8. The zero-order valence-electron chi connectivity index (χ0n) is 13.7. The Morgan fingerprint density at radius 2 is 2.09 bits per heavy atom. The number of nitrogens with one attached hydrogen (secondary N) is 1. The molecule has 6 nitrogen and oxygen atoms in total. The molecule has 0 aromatic heterocycles. The molecule has 0 saturated carbocycles. The summed E-state index contributed by atoms with van der Waals surface area (Å²) in [4.78, 5) is 25.4. The van der Waals surface area contributed by atoms with Crippen molar-refractivity contribution in [3.8, 4) is 5.75 Å². The molecule has 2 unspecified atom stereocenters. The maximum Gasteiger partial charge on any atom is 0.237 e. The number of carbonyl (C=O) groups is 2. The van der Waals surface area contributed by atoms with Crippen LogP contribution in [0, 0.1) is 5.92 Å². The van der Waals surface area contributed by atoms with Gasteiger partial charge >= 0.3 is 0 Å². The van der Waals surface area contributed by atoms with Crippen LogP contribution in [0.5, 0.6) is 5.75 Å². The van der Waals surface area contributed by atoms with Crippen molar-refractivity contribution in [3.05, 3.63) is 29.8 Å². The highest BCUT2D eigenvalue weighted by molar-refractivity contribution is 5.82. The van der Waals surface area contributed by atoms with E-state index in [1.165, 1.54) is 0 Å². The maximum absolute atomic E-state index is 12.2. The van der Waals surface area contributed by atoms with E-state index < -0.39 is 0 Å². The van der Waals surface area contributed by atoms with Crippen molar-refractivity contribution in [2.75, 3.05) is 26.7 Å². The Morgan fingerprint density at radius 1 is 1.39 bits per heavy atom. The first kappa shape index (κ1) is 17.3. The molecule has 2 amide bonds. The number of hydrogen-bond donors (Lipinski definition) is 2. The third-order valence-electron chi connectivity index (χ3n) is 4.42. The second-order valence-electron chi connectivity index (χ2n) is 5.95. The Hall–Kier alpha value is -2.08. The summed E-state index contributed by atoms with van der Waals surface area (Å²) >= 11 is 0. The molecule has 1 heterocycles. The smallest absolute Gasteiger partial charge is 0.237 e. The molecule has 1 aromatic carbocycles. The van der Waals surface area contributed by atoms with E-state index in [1.54, 1.807) is 7.11 Å². The predicted molar refractivity (Wildman–Crippen MR) is 88.0 cm³/mol. The molecule has 1 aliphatic rings. The Labute approximate surface area is 137 Å². The minimum atomic E-state index is -0.278. The SMILES string of the molecule is COc1ccc(CCNC(=O)C(C)N2CCC(C(N)=O)C2)cc1. The van der Waals surface area contributed by atoms with Gasteiger partial charge in [0.2, 0.25) is 11.8 Å². The lowest BCUT2D eigenvalue weighted by Crippen LogP contribution is -2.45. The van der Waals surface area contributed by atoms with Gasteiger partial charge in [0, 0.05) is 13.1 Å². The number of rotatable bonds is 7. The van der Waals surface area contributed by atoms with E-state index in [1.807, 2.05) is 36.1 Å². The third-order valence-corrected chi connectivity index (χ3v) is 4.42. The first-order valence-electron chi connectivity index (χ1n) is 7.95. The molecule has 0 spiro atoms. The standard InChI is InChI=1S/C17H25N3O3/c1-12(20-10-8-14(11-20)16(18)21)17(22)19-9-7-13-3-5-15(23-2)6-4-13/h3-6,12,14H,7-11H2,1-2H3,(H2,18,21)(H,19,22). The molecule has 1 aromatic rings. The molecule has 2 rings (SSSR count). The van der Waals surface area contributed by atoms with Gasteiger partial charge in [0.15, 0.2) is 0 Å². The van der Waals surface area contributed by atoms with Crippen molar-refractivity contribution in [3.63, 3.8) is 0 Å². The van der Waals surface area contributed by atoms with Crippen LogP contribution in [0.4, 0.5) is 0 Å². The summed E-state index contributed by atoms with van der Waals surface area (Å²) in [5, 5.41) is 2.95. The lowest BCUT2D eigenvalue weighted by molar-refractivity contribution is -0.126. The van der Waals surface area contributed by atoms with Crippen LogP contribution in [0.3, 0.4) is 0 Å². The highest BCUT2D eigenvalue weighted by atomic mass is 16.5. The number of methoxy groups -OCH3 is 1. The normalized spacial score (nSPS) is 19.3. The number of benzene rings is 1. The van der Waals surface area contributed by atoms with Crippen LogP contribution in [0.25, 0.3) is 0 Å². The van der Waals surface area contributed by atoms with Gasteiger partial charge in [-0.3, -0.25) is 14.5 Å². The molecule has 0 radical (unpaired) electrons. The van der Waals surface area contributed by atoms with Crippen molar-refractivity contribution >= 4 is 11.8 Å². The quantitative estimate of drug-likeness (QED) is 0.769. The van der Waals surface area contributed by atoms with E-state index in [4.69, 9.17) is 10.5 Å². The minimum absolute atomic E-state index is 0.0105. The van der Waals surface area contributed by atoms with Gasteiger partial charge in [0.1, 0.15) is 5.75 Å². The van der Waals surface area contributed by atoms with Crippen LogP contribution in [-0.4, -0.2) is 49.5 Å². The molecule has 3 N–H and O–H groups in total. The lowest BCUT2D eigenvalue weighted by atomic mass is 10.1. The zero-order valence-corrected chi connectivity index (χ0v) is 13.7. The van der Waals surface area contributed by atoms with Crippen molar-refractivity contribution < 1.29 is 14.3 Å². The fourth-order valence-corrected chi connectivity index (χ4v) is 2.81. The molecule has 0 aliphatic carbocycles. The van der Waals surface area contributed by atoms with E-state index in [9.17, 15) is 9.59 Å². The average molecular weight is 319 g/mol. The lowest BCUT2D eigenvalue weighted by Gasteiger charge is -2.23. The summed E-state index contributed by atoms with van der Waals surface area (Å²) in [6, 6.07) is 7.57. The van der Waals surface area contributed by atoms with Gasteiger partial charge in [0.05, 0.1) is 19.1 Å². The fraction of sp³-hybridized carbons (Fsp3) is 0.529. The largest absolute Gasteiger partial charge is 0.497 e. The molecule has 126 valence electrons. The monoisotopic (exact) mass is 319 g/mol. The van der Waals surface area contributed by atoms with Crippen molar-refractivity contribution in [1.29, 1.82) is 0 Å². The first-order chi connectivity index (χ1) is 11.0. The molecule has 1 aliphatic heterocycles. The number of primary amides is 1. The summed E-state index contributed by atoms with van der Waals surface area (Å²) < 4.78 is 5.12. The van der Waals surface area contributed by atoms with E-state index in [2.05, 4.69) is 5.32 Å². The molecule has 0 bridgehead atoms. The Balaban J connectivity index is 1.74. The third kappa shape index (κ3) is 4.69. The van der Waals surface area contributed by atoms with Crippen molar-refractivity contribution in [1.82, 2.24) is 10.2 Å². The number of carbonyl (C=O) groups excluding carboxylic acids is 2. The second-order valence-corrected chi connectivity index (χ2v) is 5.95. The van der Waals surface area contributed by atoms with Gasteiger partial charge < -0.3 is 15.8 Å². The minimum Gasteiger partial charge on any atom is -0.497 e. The second kappa shape index (κ2) is 7.97. The van der Waals surface area contributed by atoms with Crippen LogP contribution in [0.1, 0.15) is 18.9 Å². The van der Waals surface area contributed by atoms with E-state index in [-0.39, 0.29) is 23.8 Å². The molecular weight excluding hydrogens is 294 g/mol. The molecular formula is C17H25N3O3. The van der Waals surface area contributed by atoms with Crippen molar-refractivity contribution in [2.45, 2.75) is 25.8 Å². The van der Waals surface area contributed by atoms with Gasteiger partial charge in [-0.2, -0.15) is 0 Å². The summed E-state index contributed by atoms with van der Waals surface area (Å²) in [5.74, 6) is 0.400. The summed E-state index contributed by atoms with van der Waals surface area (Å²) in [7, 11) is 1.64. The van der Waals surface area contributed by atoms with E-state index >= 15 is 0 Å². The van der Waals surface area contributed by atoms with Gasteiger partial charge in [-0.05, 0) is 44.0 Å². The fourth-order valence-electron chi connectivity index (χ4n) is 2.81. The summed E-state index contributed by atoms with van der Waals surface area (Å²) in [6.45, 7) is 3.76. The van der Waals surface area contributed by atoms with Gasteiger partial charge in [-0.25, -0.2) is 0 Å². The summed E-state index contributed by atoms with van der Waals surface area (Å²) in [5.41, 5.74) is 6.47. The van der Waals surface area contributed by atoms with Crippen molar-refractivity contribution in [2.24, 2.45) is 11.7 Å². The molecule has 6 heteroatoms. The Morgan fingerprint density at radius 3 is 2.65 bits per heavy atom. The molecule has 2 atom stereocenters. The van der Waals surface area contributed by atoms with Crippen LogP contribution in [-0.2, 0) is 16.0 Å². The summed E-state index contributed by atoms with van der Waals surface area (Å²) in [6.07, 6.45) is 1.51. The number of hydrogen-bond acceptors (Lipinski definition) is 4. The topological polar surface area (TPSA) is 84.7 Å². The number of amides is 2. The predicted octanol–water partition coefficient (Wildman–Crippen LogP) is 0.550. The van der Waals surface area contributed by atoms with E-state index in [0.717, 1.165) is 30.7 Å². The van der Waals surface area contributed by atoms with Gasteiger partial charge in [-0.1, -0.05) is 12.1 Å². The molecule has 1 saturated heterocycles. The highest BCUT2D eigenvalue weighted by Crippen LogP contribution is 2.18. The van der Waals surface area contributed by atoms with Crippen LogP contribution >= 0.6 is 0 Å². The van der Waals surface area contributed by atoms with Crippen LogP contribution in [0.15, 0.2) is 24.3 Å². The maximum atomic E-state index is 12.2. The number of likely N-dealkylation sites (tertiary alicyclic amines) is 1. The van der Waals surface area contributed by atoms with Crippen LogP contribution < -0.4 is 15.8 Å². The van der Waals surface area contributed by atoms with Gasteiger partial charge in [-0.15, -0.1) is 0 Å².